The highest BCUT2D eigenvalue weighted by molar-refractivity contribution is 5.57. The van der Waals surface area contributed by atoms with Gasteiger partial charge in [-0.25, -0.2) is 9.97 Å². The van der Waals surface area contributed by atoms with Crippen LogP contribution < -0.4 is 10.6 Å². The molecule has 1 saturated carbocycles. The van der Waals surface area contributed by atoms with Crippen LogP contribution in [-0.2, 0) is 6.54 Å². The van der Waals surface area contributed by atoms with E-state index in [2.05, 4.69) is 27.5 Å². The van der Waals surface area contributed by atoms with Crippen LogP contribution in [0, 0.1) is 13.8 Å². The number of pyridine rings is 1. The third kappa shape index (κ3) is 2.96. The molecule has 1 aliphatic carbocycles. The van der Waals surface area contributed by atoms with Crippen LogP contribution in [0.25, 0.3) is 0 Å². The van der Waals surface area contributed by atoms with Crippen molar-refractivity contribution in [3.05, 3.63) is 41.0 Å². The van der Waals surface area contributed by atoms with E-state index in [1.165, 1.54) is 24.0 Å². The molecule has 1 fully saturated rings. The number of aryl methyl sites for hydroxylation is 1. The summed E-state index contributed by atoms with van der Waals surface area (Å²) in [6.07, 6.45) is 6.12. The van der Waals surface area contributed by atoms with Crippen LogP contribution >= 0.6 is 0 Å². The fourth-order valence-electron chi connectivity index (χ4n) is 2.33. The van der Waals surface area contributed by atoms with Gasteiger partial charge in [0, 0.05) is 37.5 Å². The average Bonchev–Trinajstić information content (AvgIpc) is 3.32. The van der Waals surface area contributed by atoms with Gasteiger partial charge in [-0.2, -0.15) is 0 Å². The first-order valence-electron chi connectivity index (χ1n) is 7.38. The fourth-order valence-corrected chi connectivity index (χ4v) is 2.33. The summed E-state index contributed by atoms with van der Waals surface area (Å²) in [7, 11) is 1.90. The third-order valence-corrected chi connectivity index (χ3v) is 3.94. The normalized spacial score (nSPS) is 14.0. The molecular formula is C16H21N5. The molecular weight excluding hydrogens is 262 g/mol. The topological polar surface area (TPSA) is 62.7 Å². The predicted octanol–water partition coefficient (Wildman–Crippen LogP) is 3.02. The lowest BCUT2D eigenvalue weighted by molar-refractivity contribution is 0.912. The van der Waals surface area contributed by atoms with Gasteiger partial charge in [0.05, 0.1) is 0 Å². The highest BCUT2D eigenvalue weighted by Crippen LogP contribution is 2.39. The van der Waals surface area contributed by atoms with Crippen molar-refractivity contribution in [2.75, 3.05) is 17.7 Å². The fraction of sp³-hybridized carbons (Fsp3) is 0.438. The van der Waals surface area contributed by atoms with Gasteiger partial charge in [0.25, 0.3) is 0 Å². The Labute approximate surface area is 125 Å². The smallest absolute Gasteiger partial charge is 0.136 e. The van der Waals surface area contributed by atoms with E-state index < -0.39 is 0 Å². The molecule has 0 radical (unpaired) electrons. The van der Waals surface area contributed by atoms with Gasteiger partial charge in [0.15, 0.2) is 0 Å². The molecule has 0 saturated heterocycles. The quantitative estimate of drug-likeness (QED) is 0.883. The van der Waals surface area contributed by atoms with Gasteiger partial charge in [0.2, 0.25) is 0 Å². The zero-order chi connectivity index (χ0) is 14.8. The molecule has 0 unspecified atom stereocenters. The maximum atomic E-state index is 4.71. The zero-order valence-electron chi connectivity index (χ0n) is 12.8. The molecule has 0 atom stereocenters. The lowest BCUT2D eigenvalue weighted by atomic mass is 10.1. The van der Waals surface area contributed by atoms with Crippen molar-refractivity contribution in [3.63, 3.8) is 0 Å². The van der Waals surface area contributed by atoms with Gasteiger partial charge in [-0.1, -0.05) is 0 Å². The molecule has 0 aromatic carbocycles. The Morgan fingerprint density at radius 2 is 1.95 bits per heavy atom. The highest BCUT2D eigenvalue weighted by atomic mass is 15.1. The van der Waals surface area contributed by atoms with Crippen LogP contribution in [0.15, 0.2) is 18.5 Å². The first-order chi connectivity index (χ1) is 10.2. The summed E-state index contributed by atoms with van der Waals surface area (Å²) < 4.78 is 0. The van der Waals surface area contributed by atoms with Gasteiger partial charge >= 0.3 is 0 Å². The first kappa shape index (κ1) is 13.8. The number of anilines is 2. The maximum Gasteiger partial charge on any atom is 0.136 e. The second-order valence-corrected chi connectivity index (χ2v) is 5.58. The number of aromatic nitrogens is 3. The minimum atomic E-state index is 0.540. The second kappa shape index (κ2) is 5.68. The van der Waals surface area contributed by atoms with Crippen LogP contribution in [-0.4, -0.2) is 22.0 Å². The Morgan fingerprint density at radius 3 is 2.62 bits per heavy atom. The van der Waals surface area contributed by atoms with Gasteiger partial charge in [-0.05, 0) is 43.9 Å². The van der Waals surface area contributed by atoms with Crippen molar-refractivity contribution in [3.8, 4) is 0 Å². The molecule has 2 N–H and O–H groups in total. The first-order valence-corrected chi connectivity index (χ1v) is 7.38. The van der Waals surface area contributed by atoms with Crippen molar-refractivity contribution in [1.82, 2.24) is 15.0 Å². The minimum Gasteiger partial charge on any atom is -0.373 e. The number of nitrogens with zero attached hydrogens (tertiary/aromatic N) is 3. The van der Waals surface area contributed by atoms with Crippen molar-refractivity contribution in [2.45, 2.75) is 39.2 Å². The van der Waals surface area contributed by atoms with Gasteiger partial charge in [0.1, 0.15) is 17.5 Å². The number of hydrogen-bond donors (Lipinski definition) is 2. The molecule has 0 amide bonds. The molecule has 2 aromatic heterocycles. The van der Waals surface area contributed by atoms with Gasteiger partial charge in [-0.3, -0.25) is 4.98 Å². The third-order valence-electron chi connectivity index (χ3n) is 3.94. The average molecular weight is 283 g/mol. The summed E-state index contributed by atoms with van der Waals surface area (Å²) in [4.78, 5) is 13.5. The molecule has 2 aromatic rings. The maximum absolute atomic E-state index is 4.71. The Balaban J connectivity index is 1.84. The number of rotatable bonds is 5. The van der Waals surface area contributed by atoms with E-state index in [0.717, 1.165) is 29.6 Å². The monoisotopic (exact) mass is 283 g/mol. The van der Waals surface area contributed by atoms with E-state index in [4.69, 9.17) is 4.98 Å². The minimum absolute atomic E-state index is 0.540. The summed E-state index contributed by atoms with van der Waals surface area (Å²) in [5.41, 5.74) is 3.48. The second-order valence-electron chi connectivity index (χ2n) is 5.58. The summed E-state index contributed by atoms with van der Waals surface area (Å²) in [6, 6.07) is 2.03. The molecule has 0 aliphatic heterocycles. The van der Waals surface area contributed by atoms with Crippen LogP contribution in [0.2, 0.25) is 0 Å². The van der Waals surface area contributed by atoms with E-state index in [1.807, 2.05) is 32.4 Å². The Morgan fingerprint density at radius 1 is 1.19 bits per heavy atom. The predicted molar refractivity (Wildman–Crippen MR) is 84.6 cm³/mol. The van der Waals surface area contributed by atoms with E-state index >= 15 is 0 Å². The highest BCUT2D eigenvalue weighted by Gasteiger charge is 2.28. The SMILES string of the molecule is CNc1nc(C2CC2)nc(NCc2cnccc2C)c1C. The zero-order valence-corrected chi connectivity index (χ0v) is 12.8. The van der Waals surface area contributed by atoms with E-state index in [0.29, 0.717) is 5.92 Å². The standard InChI is InChI=1S/C16H21N5/c1-10-6-7-18-8-13(10)9-19-15-11(2)14(17-3)20-16(21-15)12-4-5-12/h6-8,12H,4-5,9H2,1-3H3,(H2,17,19,20,21). The van der Waals surface area contributed by atoms with E-state index in [9.17, 15) is 0 Å². The Bertz CT molecular complexity index is 649. The van der Waals surface area contributed by atoms with E-state index in [-0.39, 0.29) is 0 Å². The van der Waals surface area contributed by atoms with Gasteiger partial charge < -0.3 is 10.6 Å². The lowest BCUT2D eigenvalue weighted by Crippen LogP contribution is -2.10. The molecule has 21 heavy (non-hydrogen) atoms. The largest absolute Gasteiger partial charge is 0.373 e. The van der Waals surface area contributed by atoms with Crippen molar-refractivity contribution < 1.29 is 0 Å². The molecule has 110 valence electrons. The Hall–Kier alpha value is -2.17. The molecule has 5 nitrogen and oxygen atoms in total. The van der Waals surface area contributed by atoms with Crippen LogP contribution in [0.1, 0.15) is 41.3 Å². The van der Waals surface area contributed by atoms with Crippen molar-refractivity contribution in [2.24, 2.45) is 0 Å². The molecule has 1 aliphatic rings. The summed E-state index contributed by atoms with van der Waals surface area (Å²) >= 11 is 0. The lowest BCUT2D eigenvalue weighted by Gasteiger charge is -2.14. The van der Waals surface area contributed by atoms with Crippen LogP contribution in [0.5, 0.6) is 0 Å². The van der Waals surface area contributed by atoms with Crippen molar-refractivity contribution >= 4 is 11.6 Å². The molecule has 3 rings (SSSR count). The molecule has 0 bridgehead atoms. The van der Waals surface area contributed by atoms with E-state index in [1.54, 1.807) is 0 Å². The molecule has 5 heteroatoms. The van der Waals surface area contributed by atoms with Crippen LogP contribution in [0.3, 0.4) is 0 Å². The summed E-state index contributed by atoms with van der Waals surface area (Å²) in [5, 5.41) is 6.60. The molecule has 0 spiro atoms. The number of nitrogens with one attached hydrogen (secondary N) is 2. The number of hydrogen-bond acceptors (Lipinski definition) is 5. The van der Waals surface area contributed by atoms with Crippen LogP contribution in [0.4, 0.5) is 11.6 Å². The van der Waals surface area contributed by atoms with Crippen molar-refractivity contribution in [1.29, 1.82) is 0 Å². The Kier molecular flexibility index (Phi) is 3.73. The molecule has 2 heterocycles. The summed E-state index contributed by atoms with van der Waals surface area (Å²) in [6.45, 7) is 4.87. The summed E-state index contributed by atoms with van der Waals surface area (Å²) in [5.74, 6) is 3.32. The van der Waals surface area contributed by atoms with Gasteiger partial charge in [-0.15, -0.1) is 0 Å².